The van der Waals surface area contributed by atoms with Crippen molar-refractivity contribution in [3.63, 3.8) is 0 Å². The van der Waals surface area contributed by atoms with Crippen LogP contribution in [0.4, 0.5) is 0 Å². The summed E-state index contributed by atoms with van der Waals surface area (Å²) in [6.45, 7) is 18.4. The van der Waals surface area contributed by atoms with E-state index in [2.05, 4.69) is 19.6 Å². The van der Waals surface area contributed by atoms with Crippen molar-refractivity contribution in [2.75, 3.05) is 0 Å². The number of rotatable bonds is 8. The Bertz CT molecular complexity index is 212. The first-order valence-electron chi connectivity index (χ1n) is 6.69. The second kappa shape index (κ2) is 7.65. The van der Waals surface area contributed by atoms with E-state index in [4.69, 9.17) is 10.9 Å². The van der Waals surface area contributed by atoms with Crippen molar-refractivity contribution in [3.05, 3.63) is 0 Å². The molecule has 0 saturated carbocycles. The SMILES string of the molecule is CC(C)[O][Zr]([O]C(C)C)([O]C(C)C)[O][Si](C)(C)C. The average molecular weight is 358 g/mol. The van der Waals surface area contributed by atoms with Crippen LogP contribution in [-0.2, 0) is 33.0 Å². The van der Waals surface area contributed by atoms with Gasteiger partial charge in [-0.2, -0.15) is 0 Å². The zero-order chi connectivity index (χ0) is 14.6. The van der Waals surface area contributed by atoms with E-state index >= 15 is 0 Å². The van der Waals surface area contributed by atoms with Crippen LogP contribution in [0.3, 0.4) is 0 Å². The van der Waals surface area contributed by atoms with Crippen LogP contribution in [0.1, 0.15) is 41.5 Å². The molecule has 6 heteroatoms. The third-order valence-corrected chi connectivity index (χ3v) is 14.4. The van der Waals surface area contributed by atoms with E-state index in [1.807, 2.05) is 41.5 Å². The van der Waals surface area contributed by atoms with Crippen molar-refractivity contribution in [2.24, 2.45) is 0 Å². The molecule has 0 aromatic carbocycles. The van der Waals surface area contributed by atoms with Gasteiger partial charge in [0.15, 0.2) is 0 Å². The molecule has 4 nitrogen and oxygen atoms in total. The molecule has 0 N–H and O–H groups in total. The van der Waals surface area contributed by atoms with Gasteiger partial charge < -0.3 is 0 Å². The van der Waals surface area contributed by atoms with E-state index in [1.165, 1.54) is 0 Å². The molecule has 0 saturated heterocycles. The van der Waals surface area contributed by atoms with Crippen molar-refractivity contribution < 1.29 is 33.0 Å². The van der Waals surface area contributed by atoms with Crippen LogP contribution in [0, 0.1) is 0 Å². The maximum absolute atomic E-state index is 6.24. The summed E-state index contributed by atoms with van der Waals surface area (Å²) in [5, 5.41) is 0. The predicted molar refractivity (Wildman–Crippen MR) is 73.1 cm³/mol. The molecule has 0 amide bonds. The Balaban J connectivity index is 5.10. The monoisotopic (exact) mass is 356 g/mol. The third kappa shape index (κ3) is 8.94. The fraction of sp³-hybridized carbons (Fsp3) is 1.00. The van der Waals surface area contributed by atoms with Gasteiger partial charge in [0, 0.05) is 0 Å². The molecule has 0 unspecified atom stereocenters. The minimum absolute atomic E-state index is 0.0506. The van der Waals surface area contributed by atoms with Gasteiger partial charge >= 0.3 is 121 Å². The van der Waals surface area contributed by atoms with Gasteiger partial charge in [-0.1, -0.05) is 0 Å². The fourth-order valence-electron chi connectivity index (χ4n) is 1.40. The molecule has 0 radical (unpaired) electrons. The summed E-state index contributed by atoms with van der Waals surface area (Å²) in [6, 6.07) is 0. The van der Waals surface area contributed by atoms with Crippen LogP contribution in [0.5, 0.6) is 0 Å². The topological polar surface area (TPSA) is 36.9 Å². The summed E-state index contributed by atoms with van der Waals surface area (Å²) >= 11 is -3.91. The molecule has 0 aromatic heterocycles. The van der Waals surface area contributed by atoms with Gasteiger partial charge in [0.05, 0.1) is 0 Å². The Morgan fingerprint density at radius 1 is 0.667 bits per heavy atom. The van der Waals surface area contributed by atoms with Gasteiger partial charge in [-0.05, 0) is 0 Å². The van der Waals surface area contributed by atoms with E-state index in [0.29, 0.717) is 0 Å². The average Bonchev–Trinajstić information content (AvgIpc) is 1.92. The van der Waals surface area contributed by atoms with Gasteiger partial charge in [-0.3, -0.25) is 0 Å². The van der Waals surface area contributed by atoms with E-state index in [1.54, 1.807) is 0 Å². The molecule has 0 bridgehead atoms. The fourth-order valence-corrected chi connectivity index (χ4v) is 13.6. The number of hydrogen-bond acceptors (Lipinski definition) is 4. The van der Waals surface area contributed by atoms with Crippen LogP contribution in [0.2, 0.25) is 19.6 Å². The Morgan fingerprint density at radius 2 is 0.944 bits per heavy atom. The van der Waals surface area contributed by atoms with Crippen molar-refractivity contribution in [1.82, 2.24) is 0 Å². The second-order valence-electron chi connectivity index (χ2n) is 6.21. The molecule has 0 aromatic rings. The van der Waals surface area contributed by atoms with Crippen LogP contribution in [0.15, 0.2) is 0 Å². The van der Waals surface area contributed by atoms with E-state index in [9.17, 15) is 0 Å². The molecule has 0 aliphatic rings. The summed E-state index contributed by atoms with van der Waals surface area (Å²) in [6.07, 6.45) is 0.152. The Hall–Kier alpha value is 0.940. The van der Waals surface area contributed by atoms with Gasteiger partial charge in [-0.15, -0.1) is 0 Å². The minimum atomic E-state index is -3.91. The van der Waals surface area contributed by atoms with Crippen molar-refractivity contribution in [1.29, 1.82) is 0 Å². The van der Waals surface area contributed by atoms with Gasteiger partial charge in [0.2, 0.25) is 0 Å². The van der Waals surface area contributed by atoms with Crippen molar-refractivity contribution in [2.45, 2.75) is 79.5 Å². The van der Waals surface area contributed by atoms with Crippen LogP contribution in [-0.4, -0.2) is 26.6 Å². The first kappa shape index (κ1) is 18.9. The zero-order valence-corrected chi connectivity index (χ0v) is 16.8. The summed E-state index contributed by atoms with van der Waals surface area (Å²) in [5.74, 6) is 0. The van der Waals surface area contributed by atoms with Gasteiger partial charge in [-0.25, -0.2) is 0 Å². The molecule has 0 rings (SSSR count). The first-order valence-corrected chi connectivity index (χ1v) is 14.1. The summed E-state index contributed by atoms with van der Waals surface area (Å²) < 4.78 is 24.3. The normalized spacial score (nSPS) is 14.0. The van der Waals surface area contributed by atoms with Gasteiger partial charge in [0.25, 0.3) is 0 Å². The molecule has 0 aliphatic heterocycles. The van der Waals surface area contributed by atoms with E-state index in [-0.39, 0.29) is 18.3 Å². The molecule has 0 spiro atoms. The Labute approximate surface area is 120 Å². The molecule has 18 heavy (non-hydrogen) atoms. The number of hydrogen-bond donors (Lipinski definition) is 0. The molecular weight excluding hydrogens is 327 g/mol. The van der Waals surface area contributed by atoms with E-state index in [0.717, 1.165) is 0 Å². The Kier molecular flexibility index (Phi) is 8.05. The molecule has 0 heterocycles. The quantitative estimate of drug-likeness (QED) is 0.617. The van der Waals surface area contributed by atoms with E-state index < -0.39 is 30.3 Å². The molecule has 0 atom stereocenters. The third-order valence-electron chi connectivity index (χ3n) is 1.57. The molecule has 110 valence electrons. The standard InChI is InChI=1S/C3H9OSi.3C3H7O.Zr/c1-5(2,3)4;3*1-3(2)4;/h1-3H3;3*3H,1-2H3;/q4*-1;+4. The van der Waals surface area contributed by atoms with Crippen LogP contribution < -0.4 is 0 Å². The predicted octanol–water partition coefficient (Wildman–Crippen LogP) is 3.93. The second-order valence-corrected chi connectivity index (χ2v) is 16.3. The summed E-state index contributed by atoms with van der Waals surface area (Å²) in [4.78, 5) is 0. The van der Waals surface area contributed by atoms with Crippen molar-refractivity contribution >= 4 is 8.32 Å². The molecule has 0 fully saturated rings. The molecule has 0 aliphatic carbocycles. The first-order chi connectivity index (χ1) is 7.96. The Morgan fingerprint density at radius 3 is 1.11 bits per heavy atom. The summed E-state index contributed by atoms with van der Waals surface area (Å²) in [7, 11) is -1.77. The van der Waals surface area contributed by atoms with Gasteiger partial charge in [0.1, 0.15) is 0 Å². The van der Waals surface area contributed by atoms with Crippen LogP contribution >= 0.6 is 0 Å². The molecular formula is C12H30O4SiZr. The van der Waals surface area contributed by atoms with Crippen molar-refractivity contribution in [3.8, 4) is 0 Å². The summed E-state index contributed by atoms with van der Waals surface area (Å²) in [5.41, 5.74) is 0. The maximum atomic E-state index is 6.24. The van der Waals surface area contributed by atoms with Crippen LogP contribution in [0.25, 0.3) is 0 Å². The zero-order valence-electron chi connectivity index (χ0n) is 13.4.